The number of hydrogen-bond donors (Lipinski definition) is 2. The minimum atomic E-state index is -0.630. The highest BCUT2D eigenvalue weighted by Gasteiger charge is 2.42. The molecule has 1 aliphatic carbocycles. The van der Waals surface area contributed by atoms with E-state index in [-0.39, 0.29) is 5.91 Å². The zero-order chi connectivity index (χ0) is 15.3. The first-order chi connectivity index (χ1) is 10.1. The average molecular weight is 304 g/mol. The van der Waals surface area contributed by atoms with E-state index in [4.69, 9.17) is 18.0 Å². The van der Waals surface area contributed by atoms with Crippen LogP contribution < -0.4 is 11.1 Å². The maximum atomic E-state index is 12.7. The van der Waals surface area contributed by atoms with Crippen LogP contribution in [0.1, 0.15) is 50.2 Å². The Balaban J connectivity index is 2.07. The quantitative estimate of drug-likeness (QED) is 0.822. The number of carbonyl (C=O) groups is 1. The topological polar surface area (TPSA) is 55.1 Å². The minimum Gasteiger partial charge on any atom is -0.392 e. The number of aryl methyl sites for hydroxylation is 1. The Morgan fingerprint density at radius 3 is 2.43 bits per heavy atom. The standard InChI is InChI=1S/C17H24N2OS/c1-2-13-8-4-5-9-14(13)12-19-16(20)17(15(18)21)10-6-3-7-11-17/h4-5,8-9H,2-3,6-7,10-12H2,1H3,(H2,18,21)(H,19,20). The number of amides is 1. The Kier molecular flexibility index (Phi) is 5.34. The summed E-state index contributed by atoms with van der Waals surface area (Å²) in [6.45, 7) is 2.67. The third-order valence-electron chi connectivity index (χ3n) is 4.55. The van der Waals surface area contributed by atoms with E-state index in [0.717, 1.165) is 38.5 Å². The van der Waals surface area contributed by atoms with Crippen molar-refractivity contribution in [3.63, 3.8) is 0 Å². The number of nitrogens with one attached hydrogen (secondary N) is 1. The summed E-state index contributed by atoms with van der Waals surface area (Å²) in [5.74, 6) is 0.000561. The van der Waals surface area contributed by atoms with Gasteiger partial charge in [0.15, 0.2) is 0 Å². The molecule has 3 nitrogen and oxygen atoms in total. The summed E-state index contributed by atoms with van der Waals surface area (Å²) in [4.78, 5) is 13.0. The number of rotatable bonds is 5. The third-order valence-corrected chi connectivity index (χ3v) is 4.94. The number of nitrogens with two attached hydrogens (primary N) is 1. The lowest BCUT2D eigenvalue weighted by Gasteiger charge is -2.34. The molecule has 1 aliphatic rings. The lowest BCUT2D eigenvalue weighted by atomic mass is 9.73. The van der Waals surface area contributed by atoms with Crippen molar-refractivity contribution in [1.82, 2.24) is 5.32 Å². The van der Waals surface area contributed by atoms with Crippen molar-refractivity contribution in [3.05, 3.63) is 35.4 Å². The first-order valence-corrected chi connectivity index (χ1v) is 8.16. The Bertz CT molecular complexity index is 521. The number of thiocarbonyl (C=S) groups is 1. The molecule has 2 rings (SSSR count). The van der Waals surface area contributed by atoms with E-state index in [1.165, 1.54) is 11.1 Å². The average Bonchev–Trinajstić information content (AvgIpc) is 2.53. The van der Waals surface area contributed by atoms with Crippen molar-refractivity contribution in [1.29, 1.82) is 0 Å². The van der Waals surface area contributed by atoms with Crippen molar-refractivity contribution >= 4 is 23.1 Å². The highest BCUT2D eigenvalue weighted by molar-refractivity contribution is 7.80. The van der Waals surface area contributed by atoms with Crippen molar-refractivity contribution in [3.8, 4) is 0 Å². The van der Waals surface area contributed by atoms with Gasteiger partial charge in [-0.1, -0.05) is 62.7 Å². The first-order valence-electron chi connectivity index (χ1n) is 7.75. The van der Waals surface area contributed by atoms with E-state index in [2.05, 4.69) is 24.4 Å². The second-order valence-corrected chi connectivity index (χ2v) is 6.25. The van der Waals surface area contributed by atoms with Gasteiger partial charge >= 0.3 is 0 Å². The van der Waals surface area contributed by atoms with Crippen LogP contribution >= 0.6 is 12.2 Å². The summed E-state index contributed by atoms with van der Waals surface area (Å²) in [7, 11) is 0. The molecule has 0 aliphatic heterocycles. The smallest absolute Gasteiger partial charge is 0.233 e. The van der Waals surface area contributed by atoms with Gasteiger partial charge in [0.25, 0.3) is 0 Å². The summed E-state index contributed by atoms with van der Waals surface area (Å²) < 4.78 is 0. The molecule has 4 heteroatoms. The summed E-state index contributed by atoms with van der Waals surface area (Å²) >= 11 is 5.20. The van der Waals surface area contributed by atoms with Gasteiger partial charge in [0, 0.05) is 6.54 Å². The number of hydrogen-bond acceptors (Lipinski definition) is 2. The van der Waals surface area contributed by atoms with Crippen LogP contribution in [0.5, 0.6) is 0 Å². The van der Waals surface area contributed by atoms with Crippen LogP contribution in [-0.4, -0.2) is 10.9 Å². The molecular formula is C17H24N2OS. The van der Waals surface area contributed by atoms with Gasteiger partial charge in [-0.2, -0.15) is 0 Å². The van der Waals surface area contributed by atoms with E-state index in [1.54, 1.807) is 0 Å². The second-order valence-electron chi connectivity index (χ2n) is 5.81. The van der Waals surface area contributed by atoms with E-state index < -0.39 is 5.41 Å². The van der Waals surface area contributed by atoms with E-state index in [1.807, 2.05) is 12.1 Å². The van der Waals surface area contributed by atoms with Gasteiger partial charge in [0.1, 0.15) is 0 Å². The van der Waals surface area contributed by atoms with Crippen LogP contribution in [0, 0.1) is 5.41 Å². The highest BCUT2D eigenvalue weighted by Crippen LogP contribution is 2.37. The third kappa shape index (κ3) is 3.43. The summed E-state index contributed by atoms with van der Waals surface area (Å²) in [6.07, 6.45) is 5.74. The van der Waals surface area contributed by atoms with Gasteiger partial charge in [-0.3, -0.25) is 4.79 Å². The number of carbonyl (C=O) groups excluding carboxylic acids is 1. The monoisotopic (exact) mass is 304 g/mol. The van der Waals surface area contributed by atoms with E-state index in [0.29, 0.717) is 11.5 Å². The van der Waals surface area contributed by atoms with Crippen LogP contribution in [0.15, 0.2) is 24.3 Å². The molecule has 1 saturated carbocycles. The second kappa shape index (κ2) is 7.03. The fraction of sp³-hybridized carbons (Fsp3) is 0.529. The van der Waals surface area contributed by atoms with Crippen molar-refractivity contribution < 1.29 is 4.79 Å². The predicted octanol–water partition coefficient (Wildman–Crippen LogP) is 3.10. The molecule has 1 aromatic carbocycles. The lowest BCUT2D eigenvalue weighted by Crippen LogP contribution is -2.49. The summed E-state index contributed by atoms with van der Waals surface area (Å²) in [5, 5.41) is 3.06. The van der Waals surface area contributed by atoms with E-state index >= 15 is 0 Å². The normalized spacial score (nSPS) is 17.2. The molecule has 0 atom stereocenters. The van der Waals surface area contributed by atoms with Crippen LogP contribution in [0.25, 0.3) is 0 Å². The summed E-state index contributed by atoms with van der Waals surface area (Å²) in [6, 6.07) is 8.20. The van der Waals surface area contributed by atoms with Crippen molar-refractivity contribution in [2.24, 2.45) is 11.1 Å². The molecule has 1 fully saturated rings. The van der Waals surface area contributed by atoms with Gasteiger partial charge < -0.3 is 11.1 Å². The minimum absolute atomic E-state index is 0.000561. The molecule has 0 heterocycles. The van der Waals surface area contributed by atoms with E-state index in [9.17, 15) is 4.79 Å². The molecular weight excluding hydrogens is 280 g/mol. The molecule has 21 heavy (non-hydrogen) atoms. The Hall–Kier alpha value is -1.42. The molecule has 0 unspecified atom stereocenters. The van der Waals surface area contributed by atoms with Gasteiger partial charge in [-0.25, -0.2) is 0 Å². The molecule has 0 bridgehead atoms. The molecule has 1 amide bonds. The first kappa shape index (κ1) is 16.0. The van der Waals surface area contributed by atoms with Crippen LogP contribution in [-0.2, 0) is 17.8 Å². The van der Waals surface area contributed by atoms with Crippen LogP contribution in [0.3, 0.4) is 0 Å². The SMILES string of the molecule is CCc1ccccc1CNC(=O)C1(C(N)=S)CCCCC1. The lowest BCUT2D eigenvalue weighted by molar-refractivity contribution is -0.129. The molecule has 114 valence electrons. The van der Waals surface area contributed by atoms with Gasteiger partial charge in [0.2, 0.25) is 5.91 Å². The Morgan fingerprint density at radius 2 is 1.86 bits per heavy atom. The zero-order valence-corrected chi connectivity index (χ0v) is 13.5. The molecule has 0 spiro atoms. The largest absolute Gasteiger partial charge is 0.392 e. The Morgan fingerprint density at radius 1 is 1.24 bits per heavy atom. The molecule has 3 N–H and O–H groups in total. The van der Waals surface area contributed by atoms with Crippen LogP contribution in [0.4, 0.5) is 0 Å². The van der Waals surface area contributed by atoms with Gasteiger partial charge in [-0.05, 0) is 30.4 Å². The van der Waals surface area contributed by atoms with Gasteiger partial charge in [-0.15, -0.1) is 0 Å². The molecule has 1 aromatic rings. The molecule has 0 saturated heterocycles. The maximum Gasteiger partial charge on any atom is 0.233 e. The zero-order valence-electron chi connectivity index (χ0n) is 12.7. The van der Waals surface area contributed by atoms with Crippen molar-refractivity contribution in [2.75, 3.05) is 0 Å². The predicted molar refractivity (Wildman–Crippen MR) is 90.0 cm³/mol. The fourth-order valence-corrected chi connectivity index (χ4v) is 3.46. The van der Waals surface area contributed by atoms with Gasteiger partial charge in [0.05, 0.1) is 10.4 Å². The van der Waals surface area contributed by atoms with Crippen molar-refractivity contribution in [2.45, 2.75) is 52.0 Å². The summed E-state index contributed by atoms with van der Waals surface area (Å²) in [5.41, 5.74) is 7.71. The Labute approximate surface area is 132 Å². The fourth-order valence-electron chi connectivity index (χ4n) is 3.16. The molecule has 0 aromatic heterocycles. The highest BCUT2D eigenvalue weighted by atomic mass is 32.1. The molecule has 0 radical (unpaired) electrons. The maximum absolute atomic E-state index is 12.7. The van der Waals surface area contributed by atoms with Crippen LogP contribution in [0.2, 0.25) is 0 Å². The number of benzene rings is 1.